The van der Waals surface area contributed by atoms with Crippen LogP contribution in [0.3, 0.4) is 0 Å². The van der Waals surface area contributed by atoms with E-state index >= 15 is 0 Å². The molecule has 0 atom stereocenters. The Kier molecular flexibility index (Phi) is 6.74. The molecule has 1 saturated heterocycles. The third-order valence-corrected chi connectivity index (χ3v) is 4.80. The Morgan fingerprint density at radius 1 is 1.22 bits per heavy atom. The zero-order valence-corrected chi connectivity index (χ0v) is 15.5. The summed E-state index contributed by atoms with van der Waals surface area (Å²) in [6, 6.07) is 2.80. The molecule has 1 aromatic rings. The predicted octanol–water partition coefficient (Wildman–Crippen LogP) is 2.34. The van der Waals surface area contributed by atoms with Gasteiger partial charge in [0, 0.05) is 30.3 Å². The number of likely N-dealkylation sites (tertiary alicyclic amines) is 1. The average Bonchev–Trinajstić information content (AvgIpc) is 2.60. The number of hydrogen-bond acceptors (Lipinski definition) is 4. The fourth-order valence-electron chi connectivity index (χ4n) is 2.86. The van der Waals surface area contributed by atoms with Gasteiger partial charge in [-0.25, -0.2) is 0 Å². The number of benzene rings is 1. The number of nitrogens with two attached hydrogens (primary N) is 1. The highest BCUT2D eigenvalue weighted by molar-refractivity contribution is 7.99. The molecule has 0 aromatic heterocycles. The molecule has 148 valence electrons. The summed E-state index contributed by atoms with van der Waals surface area (Å²) in [5.74, 6) is -1.73. The number of hydrogen-bond donors (Lipinski definition) is 2. The first kappa shape index (κ1) is 21.1. The highest BCUT2D eigenvalue weighted by Crippen LogP contribution is 2.32. The molecule has 2 rings (SSSR count). The number of carbonyl (C=O) groups is 3. The highest BCUT2D eigenvalue weighted by Gasteiger charge is 2.33. The monoisotopic (exact) mass is 403 g/mol. The molecule has 1 aromatic carbocycles. The topological polar surface area (TPSA) is 92.5 Å². The lowest BCUT2D eigenvalue weighted by Crippen LogP contribution is -2.41. The Balaban J connectivity index is 2.25. The summed E-state index contributed by atoms with van der Waals surface area (Å²) in [6.07, 6.45) is -2.22. The first-order chi connectivity index (χ1) is 12.6. The Labute approximate surface area is 158 Å². The van der Waals surface area contributed by atoms with Crippen molar-refractivity contribution in [1.82, 2.24) is 4.90 Å². The van der Waals surface area contributed by atoms with Crippen LogP contribution in [0.15, 0.2) is 18.2 Å². The van der Waals surface area contributed by atoms with E-state index in [-0.39, 0.29) is 36.0 Å². The Morgan fingerprint density at radius 2 is 1.85 bits per heavy atom. The number of rotatable bonds is 5. The minimum absolute atomic E-state index is 0.0835. The van der Waals surface area contributed by atoms with E-state index in [9.17, 15) is 27.6 Å². The van der Waals surface area contributed by atoms with E-state index in [2.05, 4.69) is 5.32 Å². The lowest BCUT2D eigenvalue weighted by atomic mass is 9.95. The molecule has 0 unspecified atom stereocenters. The third kappa shape index (κ3) is 5.62. The van der Waals surface area contributed by atoms with E-state index in [1.807, 2.05) is 0 Å². The first-order valence-corrected chi connectivity index (χ1v) is 9.61. The van der Waals surface area contributed by atoms with Crippen molar-refractivity contribution < 1.29 is 27.6 Å². The summed E-state index contributed by atoms with van der Waals surface area (Å²) in [4.78, 5) is 36.9. The van der Waals surface area contributed by atoms with Gasteiger partial charge in [0.1, 0.15) is 0 Å². The molecule has 0 radical (unpaired) electrons. The van der Waals surface area contributed by atoms with Gasteiger partial charge in [-0.05, 0) is 37.3 Å². The van der Waals surface area contributed by atoms with Crippen LogP contribution in [-0.2, 0) is 15.8 Å². The summed E-state index contributed by atoms with van der Waals surface area (Å²) in [7, 11) is 0. The summed E-state index contributed by atoms with van der Waals surface area (Å²) in [5.41, 5.74) is 3.99. The number of amides is 3. The van der Waals surface area contributed by atoms with Crippen molar-refractivity contribution in [2.24, 2.45) is 11.7 Å². The molecule has 0 aliphatic carbocycles. The molecule has 1 aliphatic rings. The molecule has 27 heavy (non-hydrogen) atoms. The van der Waals surface area contributed by atoms with E-state index < -0.39 is 29.5 Å². The SMILES string of the molecule is CSCC(=O)Nc1cc(C(=O)N2CCC(C(N)=O)CC2)cc(C(F)(F)F)c1. The second kappa shape index (κ2) is 8.64. The fraction of sp³-hybridized carbons (Fsp3) is 0.471. The van der Waals surface area contributed by atoms with Crippen LogP contribution in [0, 0.1) is 5.92 Å². The summed E-state index contributed by atoms with van der Waals surface area (Å²) >= 11 is 1.23. The number of carbonyl (C=O) groups excluding carboxylic acids is 3. The second-order valence-corrected chi connectivity index (χ2v) is 7.11. The van der Waals surface area contributed by atoms with Gasteiger partial charge in [0.25, 0.3) is 5.91 Å². The zero-order chi connectivity index (χ0) is 20.2. The normalized spacial score (nSPS) is 15.5. The van der Waals surface area contributed by atoms with Gasteiger partial charge in [-0.3, -0.25) is 14.4 Å². The summed E-state index contributed by atoms with van der Waals surface area (Å²) in [6.45, 7) is 0.466. The maximum Gasteiger partial charge on any atom is 0.416 e. The van der Waals surface area contributed by atoms with Crippen molar-refractivity contribution in [1.29, 1.82) is 0 Å². The van der Waals surface area contributed by atoms with Gasteiger partial charge in [0.2, 0.25) is 11.8 Å². The minimum atomic E-state index is -4.66. The quantitative estimate of drug-likeness (QED) is 0.789. The van der Waals surface area contributed by atoms with Gasteiger partial charge in [-0.1, -0.05) is 0 Å². The van der Waals surface area contributed by atoms with E-state index in [4.69, 9.17) is 5.73 Å². The molecule has 1 heterocycles. The Bertz CT molecular complexity index is 732. The van der Waals surface area contributed by atoms with Crippen LogP contribution < -0.4 is 11.1 Å². The van der Waals surface area contributed by atoms with Crippen molar-refractivity contribution in [3.63, 3.8) is 0 Å². The van der Waals surface area contributed by atoms with Gasteiger partial charge in [0.15, 0.2) is 0 Å². The lowest BCUT2D eigenvalue weighted by molar-refractivity contribution is -0.137. The standard InChI is InChI=1S/C17H20F3N3O3S/c1-27-9-14(24)22-13-7-11(6-12(8-13)17(18,19)20)16(26)23-4-2-10(3-5-23)15(21)25/h6-8,10H,2-5,9H2,1H3,(H2,21,25)(H,22,24). The number of anilines is 1. The molecular formula is C17H20F3N3O3S. The van der Waals surface area contributed by atoms with Crippen molar-refractivity contribution in [3.8, 4) is 0 Å². The number of alkyl halides is 3. The van der Waals surface area contributed by atoms with Crippen LogP contribution in [0.2, 0.25) is 0 Å². The third-order valence-electron chi connectivity index (χ3n) is 4.25. The van der Waals surface area contributed by atoms with Gasteiger partial charge in [0.05, 0.1) is 11.3 Å². The van der Waals surface area contributed by atoms with Gasteiger partial charge < -0.3 is 16.0 Å². The molecule has 10 heteroatoms. The zero-order valence-electron chi connectivity index (χ0n) is 14.6. The number of halogens is 3. The molecule has 0 spiro atoms. The molecule has 0 saturated carbocycles. The van der Waals surface area contributed by atoms with Gasteiger partial charge >= 0.3 is 6.18 Å². The van der Waals surface area contributed by atoms with Crippen molar-refractivity contribution in [2.45, 2.75) is 19.0 Å². The maximum absolute atomic E-state index is 13.2. The molecule has 3 amide bonds. The van der Waals surface area contributed by atoms with Crippen LogP contribution in [0.4, 0.5) is 18.9 Å². The van der Waals surface area contributed by atoms with Crippen LogP contribution in [0.1, 0.15) is 28.8 Å². The van der Waals surface area contributed by atoms with Crippen LogP contribution in [0.25, 0.3) is 0 Å². The Hall–Kier alpha value is -2.23. The van der Waals surface area contributed by atoms with Crippen LogP contribution in [0.5, 0.6) is 0 Å². The minimum Gasteiger partial charge on any atom is -0.369 e. The molecule has 6 nitrogen and oxygen atoms in total. The molecule has 3 N–H and O–H groups in total. The Morgan fingerprint density at radius 3 is 2.37 bits per heavy atom. The number of thioether (sulfide) groups is 1. The number of nitrogens with zero attached hydrogens (tertiary/aromatic N) is 1. The largest absolute Gasteiger partial charge is 0.416 e. The van der Waals surface area contributed by atoms with Crippen LogP contribution >= 0.6 is 11.8 Å². The summed E-state index contributed by atoms with van der Waals surface area (Å²) < 4.78 is 39.6. The number of primary amides is 1. The number of piperidine rings is 1. The molecule has 0 bridgehead atoms. The van der Waals surface area contributed by atoms with Crippen molar-refractivity contribution in [2.75, 3.05) is 30.4 Å². The van der Waals surface area contributed by atoms with Crippen molar-refractivity contribution >= 4 is 35.2 Å². The smallest absolute Gasteiger partial charge is 0.369 e. The average molecular weight is 403 g/mol. The van der Waals surface area contributed by atoms with Crippen molar-refractivity contribution in [3.05, 3.63) is 29.3 Å². The highest BCUT2D eigenvalue weighted by atomic mass is 32.2. The van der Waals surface area contributed by atoms with E-state index in [0.717, 1.165) is 12.1 Å². The lowest BCUT2D eigenvalue weighted by Gasteiger charge is -2.30. The molecule has 1 fully saturated rings. The van der Waals surface area contributed by atoms with E-state index in [0.29, 0.717) is 12.8 Å². The van der Waals surface area contributed by atoms with E-state index in [1.165, 1.54) is 22.7 Å². The summed E-state index contributed by atoms with van der Waals surface area (Å²) in [5, 5.41) is 2.38. The van der Waals surface area contributed by atoms with Gasteiger partial charge in [-0.2, -0.15) is 24.9 Å². The van der Waals surface area contributed by atoms with E-state index in [1.54, 1.807) is 6.26 Å². The maximum atomic E-state index is 13.2. The fourth-order valence-corrected chi connectivity index (χ4v) is 3.20. The molecular weight excluding hydrogens is 383 g/mol. The van der Waals surface area contributed by atoms with Gasteiger partial charge in [-0.15, -0.1) is 0 Å². The molecule has 1 aliphatic heterocycles. The number of nitrogens with one attached hydrogen (secondary N) is 1. The first-order valence-electron chi connectivity index (χ1n) is 8.21. The second-order valence-electron chi connectivity index (χ2n) is 6.25. The van der Waals surface area contributed by atoms with Crippen LogP contribution in [-0.4, -0.2) is 47.7 Å². The predicted molar refractivity (Wildman–Crippen MR) is 96.3 cm³/mol.